The van der Waals surface area contributed by atoms with Gasteiger partial charge in [0.2, 0.25) is 0 Å². The van der Waals surface area contributed by atoms with Gasteiger partial charge in [0.05, 0.1) is 0 Å². The van der Waals surface area contributed by atoms with Crippen molar-refractivity contribution in [3.63, 3.8) is 0 Å². The number of ether oxygens (including phenoxy) is 1. The van der Waals surface area contributed by atoms with Gasteiger partial charge in [-0.05, 0) is 53.1 Å². The molecule has 0 saturated carbocycles. The monoisotopic (exact) mass is 293 g/mol. The normalized spacial score (nSPS) is 18.9. The van der Waals surface area contributed by atoms with Crippen LogP contribution in [0, 0.1) is 0 Å². The maximum Gasteiger partial charge on any atom is 0.123 e. The summed E-state index contributed by atoms with van der Waals surface area (Å²) in [6.45, 7) is 3.03. The van der Waals surface area contributed by atoms with Crippen LogP contribution in [-0.2, 0) is 6.42 Å². The first kappa shape index (κ1) is 13.0. The van der Waals surface area contributed by atoms with Crippen molar-refractivity contribution in [2.75, 3.05) is 6.54 Å². The first-order chi connectivity index (χ1) is 9.22. The maximum atomic E-state index is 6.00. The van der Waals surface area contributed by atoms with Gasteiger partial charge >= 0.3 is 0 Å². The van der Waals surface area contributed by atoms with Gasteiger partial charge in [0.25, 0.3) is 0 Å². The van der Waals surface area contributed by atoms with E-state index in [1.165, 1.54) is 11.1 Å². The molecule has 3 rings (SSSR count). The highest BCUT2D eigenvalue weighted by atomic mass is 35.5. The highest BCUT2D eigenvalue weighted by Crippen LogP contribution is 2.31. The Morgan fingerprint density at radius 2 is 2.37 bits per heavy atom. The van der Waals surface area contributed by atoms with Gasteiger partial charge in [0.1, 0.15) is 11.9 Å². The first-order valence-electron chi connectivity index (χ1n) is 6.43. The predicted molar refractivity (Wildman–Crippen MR) is 80.3 cm³/mol. The number of nitrogens with one attached hydrogen (secondary N) is 1. The molecule has 100 valence electrons. The van der Waals surface area contributed by atoms with E-state index in [4.69, 9.17) is 16.3 Å². The predicted octanol–water partition coefficient (Wildman–Crippen LogP) is 4.06. The summed E-state index contributed by atoms with van der Waals surface area (Å²) in [7, 11) is 0. The fourth-order valence-corrected chi connectivity index (χ4v) is 3.30. The number of hydrogen-bond donors (Lipinski definition) is 1. The van der Waals surface area contributed by atoms with Gasteiger partial charge in [-0.3, -0.25) is 0 Å². The lowest BCUT2D eigenvalue weighted by Gasteiger charge is -2.16. The molecule has 0 aliphatic carbocycles. The Bertz CT molecular complexity index is 555. The van der Waals surface area contributed by atoms with Crippen LogP contribution in [0.25, 0.3) is 0 Å². The van der Waals surface area contributed by atoms with E-state index in [1.54, 1.807) is 11.3 Å². The summed E-state index contributed by atoms with van der Waals surface area (Å²) < 4.78 is 5.91. The number of fused-ring (bicyclic) bond motifs is 1. The molecule has 0 bridgehead atoms. The minimum atomic E-state index is 0.203. The van der Waals surface area contributed by atoms with Crippen LogP contribution in [0.4, 0.5) is 0 Å². The lowest BCUT2D eigenvalue weighted by atomic mass is 10.1. The Balaban J connectivity index is 1.56. The molecule has 1 aromatic heterocycles. The molecular weight excluding hydrogens is 278 g/mol. The van der Waals surface area contributed by atoms with Gasteiger partial charge in [0, 0.05) is 24.0 Å². The zero-order valence-corrected chi connectivity index (χ0v) is 12.3. The second-order valence-corrected chi connectivity index (χ2v) is 6.10. The van der Waals surface area contributed by atoms with Crippen molar-refractivity contribution in [1.29, 1.82) is 0 Å². The molecule has 2 heterocycles. The van der Waals surface area contributed by atoms with E-state index in [1.807, 2.05) is 18.2 Å². The SMILES string of the molecule is CC(NCC1Cc2cc(Cl)ccc2O1)c1ccsc1. The molecule has 0 amide bonds. The van der Waals surface area contributed by atoms with Gasteiger partial charge in [-0.2, -0.15) is 11.3 Å². The minimum absolute atomic E-state index is 0.203. The van der Waals surface area contributed by atoms with E-state index in [-0.39, 0.29) is 6.10 Å². The van der Waals surface area contributed by atoms with E-state index < -0.39 is 0 Å². The molecule has 0 saturated heterocycles. The third-order valence-corrected chi connectivity index (χ3v) is 4.40. The molecule has 4 heteroatoms. The van der Waals surface area contributed by atoms with Gasteiger partial charge in [0.15, 0.2) is 0 Å². The highest BCUT2D eigenvalue weighted by Gasteiger charge is 2.23. The quantitative estimate of drug-likeness (QED) is 0.918. The van der Waals surface area contributed by atoms with Crippen molar-refractivity contribution in [1.82, 2.24) is 5.32 Å². The molecule has 1 aliphatic heterocycles. The van der Waals surface area contributed by atoms with Crippen LogP contribution in [0.5, 0.6) is 5.75 Å². The number of rotatable bonds is 4. The van der Waals surface area contributed by atoms with Crippen molar-refractivity contribution in [3.05, 3.63) is 51.2 Å². The largest absolute Gasteiger partial charge is 0.488 e. The second kappa shape index (κ2) is 5.53. The Morgan fingerprint density at radius 1 is 1.47 bits per heavy atom. The molecule has 19 heavy (non-hydrogen) atoms. The fraction of sp³-hybridized carbons (Fsp3) is 0.333. The van der Waals surface area contributed by atoms with Crippen LogP contribution in [0.2, 0.25) is 5.02 Å². The van der Waals surface area contributed by atoms with Crippen LogP contribution in [-0.4, -0.2) is 12.6 Å². The Labute approximate surface area is 122 Å². The zero-order chi connectivity index (χ0) is 13.2. The molecular formula is C15H16ClNOS. The average molecular weight is 294 g/mol. The van der Waals surface area contributed by atoms with Gasteiger partial charge in [-0.15, -0.1) is 0 Å². The van der Waals surface area contributed by atoms with Crippen molar-refractivity contribution in [2.24, 2.45) is 0 Å². The van der Waals surface area contributed by atoms with E-state index in [0.717, 1.165) is 23.7 Å². The van der Waals surface area contributed by atoms with Gasteiger partial charge < -0.3 is 10.1 Å². The molecule has 2 nitrogen and oxygen atoms in total. The third kappa shape index (κ3) is 2.94. The summed E-state index contributed by atoms with van der Waals surface area (Å²) in [6, 6.07) is 8.36. The Morgan fingerprint density at radius 3 is 3.16 bits per heavy atom. The van der Waals surface area contributed by atoms with Crippen molar-refractivity contribution in [3.8, 4) is 5.75 Å². The fourth-order valence-electron chi connectivity index (χ4n) is 2.35. The second-order valence-electron chi connectivity index (χ2n) is 4.88. The molecule has 0 spiro atoms. The Hall–Kier alpha value is -1.03. The van der Waals surface area contributed by atoms with E-state index in [9.17, 15) is 0 Å². The number of halogens is 1. The van der Waals surface area contributed by atoms with Gasteiger partial charge in [-0.1, -0.05) is 11.6 Å². The van der Waals surface area contributed by atoms with Crippen LogP contribution >= 0.6 is 22.9 Å². The highest BCUT2D eigenvalue weighted by molar-refractivity contribution is 7.07. The average Bonchev–Trinajstić information content (AvgIpc) is 3.04. The van der Waals surface area contributed by atoms with E-state index >= 15 is 0 Å². The molecule has 2 aromatic rings. The number of hydrogen-bond acceptors (Lipinski definition) is 3. The molecule has 1 aromatic carbocycles. The maximum absolute atomic E-state index is 6.00. The van der Waals surface area contributed by atoms with Crippen LogP contribution in [0.15, 0.2) is 35.0 Å². The van der Waals surface area contributed by atoms with Crippen molar-refractivity contribution in [2.45, 2.75) is 25.5 Å². The number of benzene rings is 1. The topological polar surface area (TPSA) is 21.3 Å². The molecule has 1 N–H and O–H groups in total. The zero-order valence-electron chi connectivity index (χ0n) is 10.7. The molecule has 2 unspecified atom stereocenters. The molecule has 0 radical (unpaired) electrons. The van der Waals surface area contributed by atoms with E-state index in [0.29, 0.717) is 6.04 Å². The minimum Gasteiger partial charge on any atom is -0.488 e. The molecule has 2 atom stereocenters. The summed E-state index contributed by atoms with van der Waals surface area (Å²) in [5.74, 6) is 0.972. The lowest BCUT2D eigenvalue weighted by molar-refractivity contribution is 0.223. The summed E-state index contributed by atoms with van der Waals surface area (Å²) >= 11 is 7.73. The smallest absolute Gasteiger partial charge is 0.123 e. The number of thiophene rings is 1. The third-order valence-electron chi connectivity index (χ3n) is 3.46. The van der Waals surface area contributed by atoms with E-state index in [2.05, 4.69) is 29.1 Å². The molecule has 0 fully saturated rings. The standard InChI is InChI=1S/C15H16ClNOS/c1-10(11-4-5-19-9-11)17-8-14-7-12-6-13(16)2-3-15(12)18-14/h2-6,9-10,14,17H,7-8H2,1H3. The summed E-state index contributed by atoms with van der Waals surface area (Å²) in [5.41, 5.74) is 2.55. The molecule has 1 aliphatic rings. The Kier molecular flexibility index (Phi) is 3.78. The first-order valence-corrected chi connectivity index (χ1v) is 7.75. The summed E-state index contributed by atoms with van der Waals surface area (Å²) in [5, 5.41) is 8.60. The van der Waals surface area contributed by atoms with Crippen molar-refractivity contribution < 1.29 is 4.74 Å². The van der Waals surface area contributed by atoms with Gasteiger partial charge in [-0.25, -0.2) is 0 Å². The van der Waals surface area contributed by atoms with Crippen LogP contribution in [0.1, 0.15) is 24.1 Å². The summed E-state index contributed by atoms with van der Waals surface area (Å²) in [4.78, 5) is 0. The van der Waals surface area contributed by atoms with Crippen LogP contribution < -0.4 is 10.1 Å². The van der Waals surface area contributed by atoms with Crippen molar-refractivity contribution >= 4 is 22.9 Å². The lowest BCUT2D eigenvalue weighted by Crippen LogP contribution is -2.31. The summed E-state index contributed by atoms with van der Waals surface area (Å²) in [6.07, 6.45) is 1.13. The van der Waals surface area contributed by atoms with Crippen LogP contribution in [0.3, 0.4) is 0 Å².